The molecule has 0 spiro atoms. The molecule has 0 fully saturated rings. The summed E-state index contributed by atoms with van der Waals surface area (Å²) in [5.41, 5.74) is 0.769. The fourth-order valence-electron chi connectivity index (χ4n) is 10.5. The largest absolute Gasteiger partial charge is 0.417 e. The number of halogens is 12. The summed E-state index contributed by atoms with van der Waals surface area (Å²) in [5.74, 6) is 0. The monoisotopic (exact) mass is 1040 g/mol. The van der Waals surface area contributed by atoms with Gasteiger partial charge < -0.3 is 9.13 Å². The maximum atomic E-state index is 14.6. The minimum Gasteiger partial charge on any atom is -0.310 e. The van der Waals surface area contributed by atoms with Gasteiger partial charge in [0.25, 0.3) is 0 Å². The molecule has 0 N–H and O–H groups in total. The first-order chi connectivity index (χ1) is 36.0. The van der Waals surface area contributed by atoms with Gasteiger partial charge in [0.1, 0.15) is 0 Å². The molecular formula is C61H35F12N3. The molecule has 0 aliphatic carbocycles. The number of rotatable bonds is 6. The molecule has 0 aliphatic heterocycles. The quantitative estimate of drug-likeness (QED) is 0.116. The van der Waals surface area contributed by atoms with E-state index < -0.39 is 52.5 Å². The predicted octanol–water partition coefficient (Wildman–Crippen LogP) is 19.8. The van der Waals surface area contributed by atoms with Crippen molar-refractivity contribution in [2.24, 2.45) is 0 Å². The molecule has 0 saturated carbocycles. The lowest BCUT2D eigenvalue weighted by molar-refractivity contribution is -0.143. The summed E-state index contributed by atoms with van der Waals surface area (Å²) < 4.78 is 174. The van der Waals surface area contributed by atoms with Crippen LogP contribution in [-0.2, 0) is 24.7 Å². The van der Waals surface area contributed by atoms with Crippen LogP contribution in [0.4, 0.5) is 58.4 Å². The van der Waals surface area contributed by atoms with E-state index in [-0.39, 0.29) is 22.9 Å². The molecule has 0 radical (unpaired) electrons. The smallest absolute Gasteiger partial charge is 0.310 e. The second-order valence-corrected chi connectivity index (χ2v) is 18.5. The highest BCUT2D eigenvalue weighted by Gasteiger charge is 2.39. The fraction of sp³-hybridized carbons (Fsp3) is 0.0984. The first-order valence-electron chi connectivity index (χ1n) is 23.4. The Balaban J connectivity index is 1.20. The summed E-state index contributed by atoms with van der Waals surface area (Å²) in [4.78, 5) is 4.00. The average Bonchev–Trinajstić information content (AvgIpc) is 3.94. The molecule has 9 aromatic carbocycles. The maximum absolute atomic E-state index is 14.6. The maximum Gasteiger partial charge on any atom is 0.417 e. The molecular weight excluding hydrogens is 1000 g/mol. The van der Waals surface area contributed by atoms with E-state index in [1.54, 1.807) is 117 Å². The van der Waals surface area contributed by atoms with Gasteiger partial charge in [0, 0.05) is 32.8 Å². The zero-order chi connectivity index (χ0) is 53.8. The van der Waals surface area contributed by atoms with E-state index in [0.29, 0.717) is 100.0 Å². The van der Waals surface area contributed by atoms with Gasteiger partial charge in [-0.1, -0.05) is 96.6 Å². The highest BCUT2D eigenvalue weighted by Crippen LogP contribution is 2.49. The van der Waals surface area contributed by atoms with Gasteiger partial charge in [0.05, 0.1) is 56.6 Å². The molecule has 0 aliphatic rings. The van der Waals surface area contributed by atoms with Crippen molar-refractivity contribution in [3.05, 3.63) is 221 Å². The molecule has 11 rings (SSSR count). The number of alkyl halides is 12. The Bertz CT molecular complexity index is 4220. The standard InChI is InChI=1S/C61H35F12N3/c1-33-15-21-41(48(27-33)60(68,69)70)36-17-24-53-45(29-36)43-9-4-6-12-51(43)75(53)55-26-16-35(40-22-19-38(28-34(40)2)58(62,63)64)31-47(55)57-50(74-3)11-8-14-56(57)76-52-13-7-5-10-44(52)46-30-37(18-25-54(46)76)42-23-20-39(59(65,66)67)32-49(42)61(71,72)73/h4-32H,1-2H3. The number of hydrogen-bond donors (Lipinski definition) is 0. The Hall–Kier alpha value is -8.77. The lowest BCUT2D eigenvalue weighted by Crippen LogP contribution is -2.12. The van der Waals surface area contributed by atoms with E-state index in [1.807, 2.05) is 21.3 Å². The number of aryl methyl sites for hydroxylation is 2. The van der Waals surface area contributed by atoms with Gasteiger partial charge in [0.2, 0.25) is 0 Å². The topological polar surface area (TPSA) is 14.2 Å². The first kappa shape index (κ1) is 49.4. The summed E-state index contributed by atoms with van der Waals surface area (Å²) in [6.45, 7) is 11.7. The first-order valence-corrected chi connectivity index (χ1v) is 23.4. The lowest BCUT2D eigenvalue weighted by Gasteiger charge is -2.21. The van der Waals surface area contributed by atoms with E-state index in [9.17, 15) is 52.7 Å². The number of para-hydroxylation sites is 2. The van der Waals surface area contributed by atoms with Crippen LogP contribution in [0.2, 0.25) is 0 Å². The third-order valence-corrected chi connectivity index (χ3v) is 13.9. The van der Waals surface area contributed by atoms with Crippen LogP contribution in [0.3, 0.4) is 0 Å². The molecule has 0 saturated heterocycles. The number of hydrogen-bond acceptors (Lipinski definition) is 0. The Morgan fingerprint density at radius 3 is 1.38 bits per heavy atom. The number of fused-ring (bicyclic) bond motifs is 6. The molecule has 11 aromatic rings. The molecule has 378 valence electrons. The van der Waals surface area contributed by atoms with Gasteiger partial charge in [0.15, 0.2) is 5.69 Å². The van der Waals surface area contributed by atoms with Gasteiger partial charge in [-0.15, -0.1) is 0 Å². The van der Waals surface area contributed by atoms with Crippen LogP contribution in [0.15, 0.2) is 176 Å². The highest BCUT2D eigenvalue weighted by molar-refractivity contribution is 6.13. The predicted molar refractivity (Wildman–Crippen MR) is 273 cm³/mol. The molecule has 0 unspecified atom stereocenters. The van der Waals surface area contributed by atoms with Crippen molar-refractivity contribution >= 4 is 49.3 Å². The van der Waals surface area contributed by atoms with Crippen LogP contribution in [0, 0.1) is 20.4 Å². The van der Waals surface area contributed by atoms with Crippen LogP contribution in [0.25, 0.3) is 104 Å². The summed E-state index contributed by atoms with van der Waals surface area (Å²) >= 11 is 0. The van der Waals surface area contributed by atoms with Crippen molar-refractivity contribution < 1.29 is 52.7 Å². The number of nitrogens with zero attached hydrogens (tertiary/aromatic N) is 3. The molecule has 0 amide bonds. The summed E-state index contributed by atoms with van der Waals surface area (Å²) in [6.07, 6.45) is -19.5. The highest BCUT2D eigenvalue weighted by atomic mass is 19.4. The van der Waals surface area contributed by atoms with Crippen molar-refractivity contribution in [2.75, 3.05) is 0 Å². The van der Waals surface area contributed by atoms with Crippen molar-refractivity contribution in [3.63, 3.8) is 0 Å². The second kappa shape index (κ2) is 17.7. The van der Waals surface area contributed by atoms with E-state index in [1.165, 1.54) is 24.3 Å². The third kappa shape index (κ3) is 8.38. The van der Waals surface area contributed by atoms with E-state index in [4.69, 9.17) is 6.57 Å². The molecule has 0 atom stereocenters. The fourth-order valence-corrected chi connectivity index (χ4v) is 10.5. The van der Waals surface area contributed by atoms with Crippen LogP contribution in [0.1, 0.15) is 33.4 Å². The molecule has 0 bridgehead atoms. The van der Waals surface area contributed by atoms with E-state index >= 15 is 0 Å². The Morgan fingerprint density at radius 1 is 0.368 bits per heavy atom. The van der Waals surface area contributed by atoms with Gasteiger partial charge >= 0.3 is 24.7 Å². The molecule has 3 nitrogen and oxygen atoms in total. The third-order valence-electron chi connectivity index (χ3n) is 13.9. The van der Waals surface area contributed by atoms with Gasteiger partial charge in [-0.25, -0.2) is 4.85 Å². The normalized spacial score (nSPS) is 12.6. The van der Waals surface area contributed by atoms with Crippen LogP contribution >= 0.6 is 0 Å². The van der Waals surface area contributed by atoms with E-state index in [2.05, 4.69) is 4.85 Å². The van der Waals surface area contributed by atoms with Crippen LogP contribution in [-0.4, -0.2) is 9.13 Å². The molecule has 2 heterocycles. The van der Waals surface area contributed by atoms with Crippen LogP contribution in [0.5, 0.6) is 0 Å². The minimum atomic E-state index is -5.16. The van der Waals surface area contributed by atoms with Crippen molar-refractivity contribution in [1.82, 2.24) is 9.13 Å². The summed E-state index contributed by atoms with van der Waals surface area (Å²) in [7, 11) is 0. The molecule has 15 heteroatoms. The van der Waals surface area contributed by atoms with Crippen molar-refractivity contribution in [3.8, 4) is 55.9 Å². The van der Waals surface area contributed by atoms with Gasteiger partial charge in [-0.3, -0.25) is 0 Å². The molecule has 2 aromatic heterocycles. The average molecular weight is 1040 g/mol. The zero-order valence-electron chi connectivity index (χ0n) is 39.6. The minimum absolute atomic E-state index is 0.0139. The Morgan fingerprint density at radius 2 is 0.842 bits per heavy atom. The Kier molecular flexibility index (Phi) is 11.5. The summed E-state index contributed by atoms with van der Waals surface area (Å²) in [6, 6.07) is 43.0. The summed E-state index contributed by atoms with van der Waals surface area (Å²) in [5, 5.41) is 2.24. The van der Waals surface area contributed by atoms with Gasteiger partial charge in [-0.2, -0.15) is 52.7 Å². The number of aromatic nitrogens is 2. The van der Waals surface area contributed by atoms with E-state index in [0.717, 1.165) is 24.3 Å². The Labute approximate surface area is 424 Å². The molecule has 76 heavy (non-hydrogen) atoms. The van der Waals surface area contributed by atoms with Crippen molar-refractivity contribution in [2.45, 2.75) is 38.6 Å². The SMILES string of the molecule is [C-]#[N+]c1cccc(-n2c3ccccc3c3cc(-c4ccc(C(F)(F)F)cc4C(F)(F)F)ccc32)c1-c1cc(-c2ccc(C(F)(F)F)cc2C)ccc1-n1c2ccccc2c2cc(-c3ccc(C)cc3C(F)(F)F)ccc21. The van der Waals surface area contributed by atoms with Crippen LogP contribution < -0.4 is 0 Å². The zero-order valence-corrected chi connectivity index (χ0v) is 39.6. The second-order valence-electron chi connectivity index (χ2n) is 18.5. The van der Waals surface area contributed by atoms with Gasteiger partial charge in [-0.05, 0) is 143 Å². The van der Waals surface area contributed by atoms with Crippen molar-refractivity contribution in [1.29, 1.82) is 0 Å². The lowest BCUT2D eigenvalue weighted by atomic mass is 9.92. The number of benzene rings is 9.